The Balaban J connectivity index is 2.59. The van der Waals surface area contributed by atoms with Crippen LogP contribution in [0, 0.1) is 6.92 Å². The van der Waals surface area contributed by atoms with Crippen LogP contribution in [0.4, 0.5) is 0 Å². The van der Waals surface area contributed by atoms with Crippen molar-refractivity contribution in [2.45, 2.75) is 6.92 Å². The second-order valence-corrected chi connectivity index (χ2v) is 3.48. The van der Waals surface area contributed by atoms with Gasteiger partial charge in [-0.05, 0) is 6.92 Å². The summed E-state index contributed by atoms with van der Waals surface area (Å²) >= 11 is 1.39. The highest BCUT2D eigenvalue weighted by Crippen LogP contribution is 2.10. The third-order valence-corrected chi connectivity index (χ3v) is 2.16. The quantitative estimate of drug-likeness (QED) is 0.717. The van der Waals surface area contributed by atoms with Crippen LogP contribution in [0.15, 0.2) is 18.9 Å². The van der Waals surface area contributed by atoms with Gasteiger partial charge in [-0.2, -0.15) is 0 Å². The fourth-order valence-electron chi connectivity index (χ4n) is 0.718. The van der Waals surface area contributed by atoms with Gasteiger partial charge in [-0.1, -0.05) is 6.08 Å². The lowest BCUT2D eigenvalue weighted by molar-refractivity contribution is 0.0962. The molecule has 1 amide bonds. The Morgan fingerprint density at radius 3 is 3.17 bits per heavy atom. The summed E-state index contributed by atoms with van der Waals surface area (Å²) in [5.41, 5.74) is 0. The van der Waals surface area contributed by atoms with Crippen LogP contribution in [0.1, 0.15) is 14.7 Å². The molecule has 1 aromatic rings. The predicted octanol–water partition coefficient (Wildman–Crippen LogP) is 1.37. The van der Waals surface area contributed by atoms with E-state index in [2.05, 4.69) is 16.9 Å². The van der Waals surface area contributed by atoms with Crippen molar-refractivity contribution < 1.29 is 4.79 Å². The molecule has 0 aliphatic rings. The van der Waals surface area contributed by atoms with E-state index in [0.717, 1.165) is 5.01 Å². The van der Waals surface area contributed by atoms with Crippen LogP contribution in [-0.2, 0) is 0 Å². The number of thiazole rings is 1. The summed E-state index contributed by atoms with van der Waals surface area (Å²) in [6.45, 7) is 5.87. The first-order valence-corrected chi connectivity index (χ1v) is 4.37. The molecule has 0 aromatic carbocycles. The number of rotatable bonds is 3. The molecular weight excluding hydrogens is 172 g/mol. The van der Waals surface area contributed by atoms with Crippen molar-refractivity contribution in [3.05, 3.63) is 28.7 Å². The largest absolute Gasteiger partial charge is 0.348 e. The first-order valence-electron chi connectivity index (χ1n) is 3.55. The van der Waals surface area contributed by atoms with Crippen molar-refractivity contribution in [1.29, 1.82) is 0 Å². The predicted molar refractivity (Wildman–Crippen MR) is 49.4 cm³/mol. The van der Waals surface area contributed by atoms with Gasteiger partial charge in [-0.3, -0.25) is 4.79 Å². The van der Waals surface area contributed by atoms with E-state index in [-0.39, 0.29) is 5.91 Å². The standard InChI is InChI=1S/C8H10N2OS/c1-3-4-9-8(11)7-5-10-6(2)12-7/h3,5H,1,4H2,2H3,(H,9,11). The van der Waals surface area contributed by atoms with E-state index in [1.807, 2.05) is 6.92 Å². The molecule has 0 bridgehead atoms. The molecule has 0 atom stereocenters. The lowest BCUT2D eigenvalue weighted by atomic mass is 10.5. The number of nitrogens with zero attached hydrogens (tertiary/aromatic N) is 1. The van der Waals surface area contributed by atoms with E-state index in [1.165, 1.54) is 11.3 Å². The summed E-state index contributed by atoms with van der Waals surface area (Å²) < 4.78 is 0. The lowest BCUT2D eigenvalue weighted by Crippen LogP contribution is -2.22. The molecule has 1 heterocycles. The Kier molecular flexibility index (Phi) is 2.99. The summed E-state index contributed by atoms with van der Waals surface area (Å²) in [6, 6.07) is 0. The Labute approximate surface area is 75.1 Å². The van der Waals surface area contributed by atoms with Gasteiger partial charge in [0, 0.05) is 6.54 Å². The molecule has 12 heavy (non-hydrogen) atoms. The molecule has 0 saturated carbocycles. The monoisotopic (exact) mass is 182 g/mol. The Bertz CT molecular complexity index is 293. The zero-order valence-electron chi connectivity index (χ0n) is 6.83. The van der Waals surface area contributed by atoms with Gasteiger partial charge in [-0.15, -0.1) is 17.9 Å². The average Bonchev–Trinajstić information content (AvgIpc) is 2.47. The minimum atomic E-state index is -0.0829. The topological polar surface area (TPSA) is 42.0 Å². The molecule has 1 N–H and O–H groups in total. The van der Waals surface area contributed by atoms with Gasteiger partial charge in [0.2, 0.25) is 0 Å². The SMILES string of the molecule is C=CCNC(=O)c1cnc(C)s1. The molecule has 64 valence electrons. The summed E-state index contributed by atoms with van der Waals surface area (Å²) in [5.74, 6) is -0.0829. The molecule has 0 fully saturated rings. The first-order chi connectivity index (χ1) is 5.74. The third-order valence-electron chi connectivity index (χ3n) is 1.25. The van der Waals surface area contributed by atoms with Gasteiger partial charge < -0.3 is 5.32 Å². The highest BCUT2D eigenvalue weighted by atomic mass is 32.1. The van der Waals surface area contributed by atoms with Gasteiger partial charge in [0.15, 0.2) is 0 Å². The van der Waals surface area contributed by atoms with E-state index in [1.54, 1.807) is 12.3 Å². The summed E-state index contributed by atoms with van der Waals surface area (Å²) in [6.07, 6.45) is 3.23. The molecule has 0 saturated heterocycles. The van der Waals surface area contributed by atoms with Gasteiger partial charge >= 0.3 is 0 Å². The van der Waals surface area contributed by atoms with Crippen LogP contribution >= 0.6 is 11.3 Å². The second kappa shape index (κ2) is 4.01. The molecular formula is C8H10N2OS. The normalized spacial score (nSPS) is 9.42. The minimum absolute atomic E-state index is 0.0829. The summed E-state index contributed by atoms with van der Waals surface area (Å²) in [4.78, 5) is 15.9. The van der Waals surface area contributed by atoms with Crippen LogP contribution in [0.2, 0.25) is 0 Å². The minimum Gasteiger partial charge on any atom is -0.348 e. The van der Waals surface area contributed by atoms with E-state index >= 15 is 0 Å². The van der Waals surface area contributed by atoms with Crippen LogP contribution in [-0.4, -0.2) is 17.4 Å². The number of hydrogen-bond donors (Lipinski definition) is 1. The fourth-order valence-corrected chi connectivity index (χ4v) is 1.41. The van der Waals surface area contributed by atoms with Crippen molar-refractivity contribution in [2.24, 2.45) is 0 Å². The lowest BCUT2D eigenvalue weighted by Gasteiger charge is -1.96. The highest BCUT2D eigenvalue weighted by molar-refractivity contribution is 7.13. The number of nitrogens with one attached hydrogen (secondary N) is 1. The number of carbonyl (C=O) groups is 1. The number of hydrogen-bond acceptors (Lipinski definition) is 3. The van der Waals surface area contributed by atoms with E-state index in [4.69, 9.17) is 0 Å². The average molecular weight is 182 g/mol. The van der Waals surface area contributed by atoms with Gasteiger partial charge in [-0.25, -0.2) is 4.98 Å². The maximum absolute atomic E-state index is 11.2. The molecule has 0 spiro atoms. The molecule has 1 rings (SSSR count). The maximum atomic E-state index is 11.2. The molecule has 3 nitrogen and oxygen atoms in total. The van der Waals surface area contributed by atoms with Crippen LogP contribution in [0.5, 0.6) is 0 Å². The maximum Gasteiger partial charge on any atom is 0.263 e. The van der Waals surface area contributed by atoms with Crippen LogP contribution in [0.25, 0.3) is 0 Å². The summed E-state index contributed by atoms with van der Waals surface area (Å²) in [5, 5.41) is 3.58. The first kappa shape index (κ1) is 8.93. The molecule has 0 aliphatic heterocycles. The highest BCUT2D eigenvalue weighted by Gasteiger charge is 2.06. The number of carbonyl (C=O) groups excluding carboxylic acids is 1. The van der Waals surface area contributed by atoms with E-state index < -0.39 is 0 Å². The van der Waals surface area contributed by atoms with E-state index in [9.17, 15) is 4.79 Å². The van der Waals surface area contributed by atoms with Gasteiger partial charge in [0.05, 0.1) is 11.2 Å². The smallest absolute Gasteiger partial charge is 0.263 e. The van der Waals surface area contributed by atoms with Crippen molar-refractivity contribution in [3.63, 3.8) is 0 Å². The summed E-state index contributed by atoms with van der Waals surface area (Å²) in [7, 11) is 0. The van der Waals surface area contributed by atoms with Gasteiger partial charge in [0.25, 0.3) is 5.91 Å². The van der Waals surface area contributed by atoms with Gasteiger partial charge in [0.1, 0.15) is 4.88 Å². The van der Waals surface area contributed by atoms with Crippen molar-refractivity contribution in [3.8, 4) is 0 Å². The zero-order chi connectivity index (χ0) is 8.97. The van der Waals surface area contributed by atoms with E-state index in [0.29, 0.717) is 11.4 Å². The molecule has 0 radical (unpaired) electrons. The molecule has 0 unspecified atom stereocenters. The molecule has 1 aromatic heterocycles. The van der Waals surface area contributed by atoms with Crippen molar-refractivity contribution in [2.75, 3.05) is 6.54 Å². The fraction of sp³-hybridized carbons (Fsp3) is 0.250. The Morgan fingerprint density at radius 1 is 1.92 bits per heavy atom. The zero-order valence-corrected chi connectivity index (χ0v) is 7.65. The van der Waals surface area contributed by atoms with Crippen LogP contribution < -0.4 is 5.32 Å². The van der Waals surface area contributed by atoms with Crippen LogP contribution in [0.3, 0.4) is 0 Å². The number of aryl methyl sites for hydroxylation is 1. The molecule has 0 aliphatic carbocycles. The Morgan fingerprint density at radius 2 is 2.67 bits per heavy atom. The third kappa shape index (κ3) is 2.17. The van der Waals surface area contributed by atoms with Crippen molar-refractivity contribution >= 4 is 17.2 Å². The number of aromatic nitrogens is 1. The number of amides is 1. The Hall–Kier alpha value is -1.16. The van der Waals surface area contributed by atoms with Crippen molar-refractivity contribution in [1.82, 2.24) is 10.3 Å². The second-order valence-electron chi connectivity index (χ2n) is 2.24. The molecule has 4 heteroatoms.